The van der Waals surface area contributed by atoms with Crippen LogP contribution in [0.2, 0.25) is 5.02 Å². The van der Waals surface area contributed by atoms with Crippen LogP contribution in [-0.4, -0.2) is 14.3 Å². The van der Waals surface area contributed by atoms with Crippen LogP contribution in [0.4, 0.5) is 5.69 Å². The van der Waals surface area contributed by atoms with Crippen molar-refractivity contribution in [3.63, 3.8) is 0 Å². The largest absolute Gasteiger partial charge is 0.348 e. The summed E-state index contributed by atoms with van der Waals surface area (Å²) in [5, 5.41) is 2.97. The molecule has 2 N–H and O–H groups in total. The molecule has 0 fully saturated rings. The quantitative estimate of drug-likeness (QED) is 0.598. The van der Waals surface area contributed by atoms with E-state index in [1.165, 1.54) is 30.3 Å². The third kappa shape index (κ3) is 5.37. The highest BCUT2D eigenvalue weighted by atomic mass is 35.5. The summed E-state index contributed by atoms with van der Waals surface area (Å²) in [6, 6.07) is 18.8. The van der Waals surface area contributed by atoms with Crippen LogP contribution in [0.25, 0.3) is 0 Å². The standard InChI is InChI=1S/C22H21ClN2O3S/c1-15-3-7-17(8-4-15)14-24-22(26)18-9-12-21(20(23)13-18)25-29(27,28)19-10-5-16(2)6-11-19/h3-13,25H,14H2,1-2H3,(H,24,26). The van der Waals surface area contributed by atoms with Gasteiger partial charge in [0.25, 0.3) is 15.9 Å². The number of nitrogens with one attached hydrogen (secondary N) is 2. The van der Waals surface area contributed by atoms with E-state index >= 15 is 0 Å². The van der Waals surface area contributed by atoms with E-state index in [1.807, 2.05) is 38.1 Å². The van der Waals surface area contributed by atoms with Gasteiger partial charge in [-0.1, -0.05) is 59.1 Å². The molecule has 7 heteroatoms. The van der Waals surface area contributed by atoms with Gasteiger partial charge in [0.15, 0.2) is 0 Å². The average Bonchev–Trinajstić information content (AvgIpc) is 2.69. The van der Waals surface area contributed by atoms with E-state index < -0.39 is 10.0 Å². The van der Waals surface area contributed by atoms with Gasteiger partial charge in [-0.25, -0.2) is 8.42 Å². The number of aryl methyl sites for hydroxylation is 2. The predicted octanol–water partition coefficient (Wildman–Crippen LogP) is 4.69. The average molecular weight is 429 g/mol. The summed E-state index contributed by atoms with van der Waals surface area (Å²) in [6.07, 6.45) is 0. The number of benzene rings is 3. The third-order valence-electron chi connectivity index (χ3n) is 4.38. The van der Waals surface area contributed by atoms with Crippen molar-refractivity contribution in [2.75, 3.05) is 4.72 Å². The molecular formula is C22H21ClN2O3S. The van der Waals surface area contributed by atoms with Gasteiger partial charge < -0.3 is 5.32 Å². The first-order valence-corrected chi connectivity index (χ1v) is 10.8. The summed E-state index contributed by atoms with van der Waals surface area (Å²) >= 11 is 6.22. The molecule has 3 rings (SSSR count). The van der Waals surface area contributed by atoms with Gasteiger partial charge in [-0.2, -0.15) is 0 Å². The molecule has 5 nitrogen and oxygen atoms in total. The van der Waals surface area contributed by atoms with E-state index in [0.29, 0.717) is 12.1 Å². The maximum absolute atomic E-state index is 12.5. The highest BCUT2D eigenvalue weighted by Crippen LogP contribution is 2.26. The minimum absolute atomic E-state index is 0.138. The lowest BCUT2D eigenvalue weighted by atomic mass is 10.1. The van der Waals surface area contributed by atoms with Crippen molar-refractivity contribution in [2.24, 2.45) is 0 Å². The van der Waals surface area contributed by atoms with Crippen molar-refractivity contribution in [1.29, 1.82) is 0 Å². The number of halogens is 1. The minimum atomic E-state index is -3.77. The van der Waals surface area contributed by atoms with Crippen molar-refractivity contribution < 1.29 is 13.2 Å². The number of carbonyl (C=O) groups excluding carboxylic acids is 1. The Hall–Kier alpha value is -2.83. The first kappa shape index (κ1) is 20.9. The maximum Gasteiger partial charge on any atom is 0.261 e. The van der Waals surface area contributed by atoms with Gasteiger partial charge in [-0.15, -0.1) is 0 Å². The van der Waals surface area contributed by atoms with Gasteiger partial charge in [0.05, 0.1) is 15.6 Å². The highest BCUT2D eigenvalue weighted by molar-refractivity contribution is 7.92. The summed E-state index contributed by atoms with van der Waals surface area (Å²) in [6.45, 7) is 4.26. The van der Waals surface area contributed by atoms with Crippen molar-refractivity contribution in [3.05, 3.63) is 94.0 Å². The zero-order valence-corrected chi connectivity index (χ0v) is 17.6. The number of sulfonamides is 1. The molecule has 29 heavy (non-hydrogen) atoms. The van der Waals surface area contributed by atoms with Gasteiger partial charge in [0.1, 0.15) is 0 Å². The van der Waals surface area contributed by atoms with Gasteiger partial charge in [0.2, 0.25) is 0 Å². The van der Waals surface area contributed by atoms with Crippen LogP contribution in [0.3, 0.4) is 0 Å². The lowest BCUT2D eigenvalue weighted by Crippen LogP contribution is -2.23. The summed E-state index contributed by atoms with van der Waals surface area (Å²) in [5.41, 5.74) is 3.65. The lowest BCUT2D eigenvalue weighted by Gasteiger charge is -2.11. The zero-order chi connectivity index (χ0) is 21.0. The van der Waals surface area contributed by atoms with Gasteiger partial charge >= 0.3 is 0 Å². The third-order valence-corrected chi connectivity index (χ3v) is 6.07. The lowest BCUT2D eigenvalue weighted by molar-refractivity contribution is 0.0951. The molecule has 0 saturated carbocycles. The molecule has 3 aromatic carbocycles. The van der Waals surface area contributed by atoms with Crippen molar-refractivity contribution in [3.8, 4) is 0 Å². The zero-order valence-electron chi connectivity index (χ0n) is 16.1. The molecule has 0 bridgehead atoms. The Balaban J connectivity index is 1.70. The smallest absolute Gasteiger partial charge is 0.261 e. The molecule has 150 valence electrons. The molecule has 0 unspecified atom stereocenters. The van der Waals surface area contributed by atoms with E-state index in [1.54, 1.807) is 12.1 Å². The highest BCUT2D eigenvalue weighted by Gasteiger charge is 2.16. The van der Waals surface area contributed by atoms with E-state index in [9.17, 15) is 13.2 Å². The van der Waals surface area contributed by atoms with Crippen LogP contribution in [0.5, 0.6) is 0 Å². The van der Waals surface area contributed by atoms with Crippen LogP contribution in [-0.2, 0) is 16.6 Å². The molecule has 0 aliphatic rings. The topological polar surface area (TPSA) is 75.3 Å². The Kier molecular flexibility index (Phi) is 6.25. The van der Waals surface area contributed by atoms with Crippen LogP contribution in [0.1, 0.15) is 27.0 Å². The Morgan fingerprint density at radius 3 is 2.07 bits per heavy atom. The number of anilines is 1. The molecule has 0 saturated heterocycles. The van der Waals surface area contributed by atoms with E-state index in [-0.39, 0.29) is 21.5 Å². The SMILES string of the molecule is Cc1ccc(CNC(=O)c2ccc(NS(=O)(=O)c3ccc(C)cc3)c(Cl)c2)cc1. The molecule has 0 aliphatic heterocycles. The van der Waals surface area contributed by atoms with E-state index in [4.69, 9.17) is 11.6 Å². The molecular weight excluding hydrogens is 408 g/mol. The summed E-state index contributed by atoms with van der Waals surface area (Å²) < 4.78 is 27.5. The van der Waals surface area contributed by atoms with Crippen LogP contribution in [0, 0.1) is 13.8 Å². The molecule has 0 radical (unpaired) electrons. The van der Waals surface area contributed by atoms with Crippen molar-refractivity contribution in [1.82, 2.24) is 5.32 Å². The molecule has 0 aromatic heterocycles. The first-order chi connectivity index (χ1) is 13.7. The van der Waals surface area contributed by atoms with Crippen LogP contribution in [0.15, 0.2) is 71.6 Å². The molecule has 0 atom stereocenters. The van der Waals surface area contributed by atoms with Crippen molar-refractivity contribution in [2.45, 2.75) is 25.3 Å². The molecule has 0 heterocycles. The van der Waals surface area contributed by atoms with Gasteiger partial charge in [-0.3, -0.25) is 9.52 Å². The number of rotatable bonds is 6. The fraction of sp³-hybridized carbons (Fsp3) is 0.136. The number of hydrogen-bond acceptors (Lipinski definition) is 3. The van der Waals surface area contributed by atoms with E-state index in [0.717, 1.165) is 16.7 Å². The van der Waals surface area contributed by atoms with E-state index in [2.05, 4.69) is 10.0 Å². The number of hydrogen-bond donors (Lipinski definition) is 2. The van der Waals surface area contributed by atoms with Crippen molar-refractivity contribution >= 4 is 33.2 Å². The minimum Gasteiger partial charge on any atom is -0.348 e. The second-order valence-electron chi connectivity index (χ2n) is 6.78. The number of carbonyl (C=O) groups is 1. The molecule has 0 aliphatic carbocycles. The van der Waals surface area contributed by atoms with Gasteiger partial charge in [-0.05, 0) is 49.7 Å². The summed E-state index contributed by atoms with van der Waals surface area (Å²) in [7, 11) is -3.77. The van der Waals surface area contributed by atoms with Gasteiger partial charge in [0, 0.05) is 12.1 Å². The Bertz CT molecular complexity index is 1130. The Morgan fingerprint density at radius 2 is 1.48 bits per heavy atom. The summed E-state index contributed by atoms with van der Waals surface area (Å²) in [5.74, 6) is -0.291. The predicted molar refractivity (Wildman–Crippen MR) is 116 cm³/mol. The fourth-order valence-electron chi connectivity index (χ4n) is 2.65. The monoisotopic (exact) mass is 428 g/mol. The second kappa shape index (κ2) is 8.68. The second-order valence-corrected chi connectivity index (χ2v) is 8.87. The molecule has 3 aromatic rings. The first-order valence-electron chi connectivity index (χ1n) is 8.97. The van der Waals surface area contributed by atoms with Crippen LogP contribution < -0.4 is 10.0 Å². The maximum atomic E-state index is 12.5. The molecule has 0 spiro atoms. The number of amides is 1. The molecule has 1 amide bonds. The Morgan fingerprint density at radius 1 is 0.897 bits per heavy atom. The van der Waals surface area contributed by atoms with Crippen LogP contribution >= 0.6 is 11.6 Å². The Labute approximate surface area is 175 Å². The fourth-order valence-corrected chi connectivity index (χ4v) is 4.01. The summed E-state index contributed by atoms with van der Waals surface area (Å²) in [4.78, 5) is 12.5. The normalized spacial score (nSPS) is 11.1.